The third-order valence-corrected chi connectivity index (χ3v) is 11.5. The van der Waals surface area contributed by atoms with Gasteiger partial charge in [-0.1, -0.05) is 146 Å². The van der Waals surface area contributed by atoms with E-state index in [-0.39, 0.29) is 0 Å². The van der Waals surface area contributed by atoms with Gasteiger partial charge in [0.25, 0.3) is 0 Å². The summed E-state index contributed by atoms with van der Waals surface area (Å²) < 4.78 is 13.0. The summed E-state index contributed by atoms with van der Waals surface area (Å²) in [6.45, 7) is 0. The van der Waals surface area contributed by atoms with Crippen LogP contribution in [0.1, 0.15) is 0 Å². The summed E-state index contributed by atoms with van der Waals surface area (Å²) in [6.07, 6.45) is 0. The Morgan fingerprint density at radius 2 is 0.778 bits per heavy atom. The molecule has 0 amide bonds. The Labute approximate surface area is 310 Å². The van der Waals surface area contributed by atoms with Gasteiger partial charge in [0, 0.05) is 21.5 Å². The Kier molecular flexibility index (Phi) is 6.09. The lowest BCUT2D eigenvalue weighted by molar-refractivity contribution is 0.669. The van der Waals surface area contributed by atoms with Crippen LogP contribution in [0.5, 0.6) is 0 Å². The first-order valence-corrected chi connectivity index (χ1v) is 18.5. The topological polar surface area (TPSA) is 26.3 Å². The van der Waals surface area contributed by atoms with Crippen molar-refractivity contribution in [1.29, 1.82) is 0 Å². The Morgan fingerprint density at radius 1 is 0.259 bits per heavy atom. The fourth-order valence-electron chi connectivity index (χ4n) is 9.11. The van der Waals surface area contributed by atoms with Crippen molar-refractivity contribution in [2.45, 2.75) is 0 Å². The molecular formula is C52H30O2. The van der Waals surface area contributed by atoms with Crippen LogP contribution in [0.4, 0.5) is 0 Å². The number of hydrogen-bond acceptors (Lipinski definition) is 2. The first-order chi connectivity index (χ1) is 26.8. The largest absolute Gasteiger partial charge is 0.456 e. The van der Waals surface area contributed by atoms with E-state index in [1.54, 1.807) is 0 Å². The molecule has 2 heteroatoms. The highest BCUT2D eigenvalue weighted by atomic mass is 16.3. The highest BCUT2D eigenvalue weighted by Crippen LogP contribution is 2.46. The minimum absolute atomic E-state index is 0.882. The summed E-state index contributed by atoms with van der Waals surface area (Å²) in [5.74, 6) is 0. The zero-order valence-corrected chi connectivity index (χ0v) is 29.1. The van der Waals surface area contributed by atoms with Gasteiger partial charge in [-0.05, 0) is 113 Å². The molecule has 2 nitrogen and oxygen atoms in total. The maximum absolute atomic E-state index is 6.75. The van der Waals surface area contributed by atoms with E-state index in [0.717, 1.165) is 55.0 Å². The van der Waals surface area contributed by atoms with Gasteiger partial charge in [-0.2, -0.15) is 0 Å². The van der Waals surface area contributed by atoms with E-state index < -0.39 is 0 Å². The van der Waals surface area contributed by atoms with Crippen molar-refractivity contribution in [3.8, 4) is 33.4 Å². The Bertz CT molecular complexity index is 3440. The van der Waals surface area contributed by atoms with Crippen LogP contribution >= 0.6 is 0 Å². The maximum Gasteiger partial charge on any atom is 0.136 e. The van der Waals surface area contributed by atoms with Crippen molar-refractivity contribution >= 4 is 87.0 Å². The molecule has 10 aromatic carbocycles. The second-order valence-corrected chi connectivity index (χ2v) is 14.3. The molecule has 54 heavy (non-hydrogen) atoms. The molecule has 0 unspecified atom stereocenters. The van der Waals surface area contributed by atoms with Gasteiger partial charge in [0.05, 0.1) is 0 Å². The molecule has 0 saturated heterocycles. The van der Waals surface area contributed by atoms with Gasteiger partial charge in [0.15, 0.2) is 0 Å². The molecule has 0 bridgehead atoms. The van der Waals surface area contributed by atoms with Crippen molar-refractivity contribution in [3.05, 3.63) is 182 Å². The molecule has 0 N–H and O–H groups in total. The van der Waals surface area contributed by atoms with Gasteiger partial charge in [0.1, 0.15) is 22.3 Å². The van der Waals surface area contributed by atoms with Gasteiger partial charge in [0.2, 0.25) is 0 Å². The summed E-state index contributed by atoms with van der Waals surface area (Å²) >= 11 is 0. The summed E-state index contributed by atoms with van der Waals surface area (Å²) in [6, 6.07) is 65.5. The van der Waals surface area contributed by atoms with Gasteiger partial charge >= 0.3 is 0 Å². The second-order valence-electron chi connectivity index (χ2n) is 14.3. The SMILES string of the molecule is c1ccc2c(-c3c4ccccc4c(-c4ccc5c(c4)oc4cc(-c6cccc7c6ccc6oc8ccccc8c67)ccc45)c4ccccc34)cccc2c1. The zero-order valence-electron chi connectivity index (χ0n) is 29.1. The number of furan rings is 2. The first kappa shape index (κ1) is 29.4. The number of benzene rings is 10. The molecule has 0 aliphatic carbocycles. The summed E-state index contributed by atoms with van der Waals surface area (Å²) in [7, 11) is 0. The number of fused-ring (bicyclic) bond motifs is 11. The van der Waals surface area contributed by atoms with Crippen molar-refractivity contribution in [1.82, 2.24) is 0 Å². The van der Waals surface area contributed by atoms with Crippen LogP contribution in [0.3, 0.4) is 0 Å². The first-order valence-electron chi connectivity index (χ1n) is 18.5. The van der Waals surface area contributed by atoms with Gasteiger partial charge in [-0.25, -0.2) is 0 Å². The molecule has 0 aliphatic rings. The molecule has 0 atom stereocenters. The van der Waals surface area contributed by atoms with Crippen molar-refractivity contribution in [2.75, 3.05) is 0 Å². The van der Waals surface area contributed by atoms with Crippen LogP contribution in [0.15, 0.2) is 191 Å². The van der Waals surface area contributed by atoms with Crippen molar-refractivity contribution in [3.63, 3.8) is 0 Å². The van der Waals surface area contributed by atoms with Crippen LogP contribution in [0, 0.1) is 0 Å². The molecule has 0 spiro atoms. The highest BCUT2D eigenvalue weighted by molar-refractivity contribution is 6.24. The average molecular weight is 687 g/mol. The van der Waals surface area contributed by atoms with E-state index in [1.807, 2.05) is 12.1 Å². The van der Waals surface area contributed by atoms with Crippen LogP contribution in [0.25, 0.3) is 120 Å². The van der Waals surface area contributed by atoms with Crippen LogP contribution in [-0.4, -0.2) is 0 Å². The predicted molar refractivity (Wildman–Crippen MR) is 227 cm³/mol. The zero-order chi connectivity index (χ0) is 35.3. The fraction of sp³-hybridized carbons (Fsp3) is 0. The number of para-hydroxylation sites is 1. The van der Waals surface area contributed by atoms with Crippen LogP contribution in [-0.2, 0) is 0 Å². The predicted octanol–water partition coefficient (Wildman–Crippen LogP) is 15.1. The molecule has 250 valence electrons. The smallest absolute Gasteiger partial charge is 0.136 e. The van der Waals surface area contributed by atoms with Gasteiger partial charge in [-0.15, -0.1) is 0 Å². The number of hydrogen-bond donors (Lipinski definition) is 0. The van der Waals surface area contributed by atoms with E-state index >= 15 is 0 Å². The summed E-state index contributed by atoms with van der Waals surface area (Å²) in [5.41, 5.74) is 10.8. The third kappa shape index (κ3) is 4.17. The average Bonchev–Trinajstić information content (AvgIpc) is 3.80. The molecular weight excluding hydrogens is 657 g/mol. The molecule has 0 saturated carbocycles. The Balaban J connectivity index is 1.04. The minimum Gasteiger partial charge on any atom is -0.456 e. The van der Waals surface area contributed by atoms with E-state index in [4.69, 9.17) is 8.83 Å². The van der Waals surface area contributed by atoms with E-state index in [2.05, 4.69) is 170 Å². The minimum atomic E-state index is 0.882. The lowest BCUT2D eigenvalue weighted by atomic mass is 9.84. The van der Waals surface area contributed by atoms with Crippen LogP contribution in [0.2, 0.25) is 0 Å². The monoisotopic (exact) mass is 686 g/mol. The summed E-state index contributed by atoms with van der Waals surface area (Å²) in [4.78, 5) is 0. The van der Waals surface area contributed by atoms with Gasteiger partial charge < -0.3 is 8.83 Å². The second kappa shape index (κ2) is 11.2. The fourth-order valence-corrected chi connectivity index (χ4v) is 9.11. The summed E-state index contributed by atoms with van der Waals surface area (Å²) in [5, 5.41) is 14.4. The molecule has 12 aromatic rings. The standard InChI is InChI=1S/C52H30O2/c1-2-13-34-31(11-1)12-9-20-39(34)51-43-16-5-3-14-41(43)50(42-15-4-6-17-44(42)51)33-24-26-38-37-25-23-32(29-48(37)54-49(38)30-33)35-19-10-21-40-36(35)27-28-47-52(40)45-18-7-8-22-46(45)53-47/h1-30H. The molecule has 0 aliphatic heterocycles. The van der Waals surface area contributed by atoms with Crippen molar-refractivity contribution in [2.24, 2.45) is 0 Å². The molecule has 0 radical (unpaired) electrons. The van der Waals surface area contributed by atoms with Crippen LogP contribution < -0.4 is 0 Å². The molecule has 2 heterocycles. The van der Waals surface area contributed by atoms with E-state index in [1.165, 1.54) is 65.3 Å². The molecule has 2 aromatic heterocycles. The lowest BCUT2D eigenvalue weighted by Gasteiger charge is -2.18. The highest BCUT2D eigenvalue weighted by Gasteiger charge is 2.19. The van der Waals surface area contributed by atoms with Gasteiger partial charge in [-0.3, -0.25) is 0 Å². The van der Waals surface area contributed by atoms with Crippen molar-refractivity contribution < 1.29 is 8.83 Å². The lowest BCUT2D eigenvalue weighted by Crippen LogP contribution is -1.91. The Hall–Kier alpha value is -7.16. The Morgan fingerprint density at radius 3 is 1.54 bits per heavy atom. The molecule has 12 rings (SSSR count). The molecule has 0 fully saturated rings. The van der Waals surface area contributed by atoms with E-state index in [0.29, 0.717) is 0 Å². The normalized spacial score (nSPS) is 12.1. The third-order valence-electron chi connectivity index (χ3n) is 11.5. The van der Waals surface area contributed by atoms with E-state index in [9.17, 15) is 0 Å². The number of rotatable bonds is 3. The maximum atomic E-state index is 6.75. The quantitative estimate of drug-likeness (QED) is 0.173.